The van der Waals surface area contributed by atoms with Crippen LogP contribution in [-0.4, -0.2) is 40.3 Å². The normalized spacial score (nSPS) is 15.0. The van der Waals surface area contributed by atoms with Crippen molar-refractivity contribution in [3.05, 3.63) is 115 Å². The minimum atomic E-state index is -1.05. The van der Waals surface area contributed by atoms with Crippen molar-refractivity contribution in [3.63, 3.8) is 0 Å². The summed E-state index contributed by atoms with van der Waals surface area (Å²) in [5, 5.41) is 0. The van der Waals surface area contributed by atoms with Gasteiger partial charge in [-0.15, -0.1) is 0 Å². The zero-order chi connectivity index (χ0) is 28.3. The minimum Gasteiger partial charge on any atom is -0.484 e. The van der Waals surface area contributed by atoms with Crippen molar-refractivity contribution in [2.75, 3.05) is 11.5 Å². The number of imide groups is 1. The van der Waals surface area contributed by atoms with Gasteiger partial charge >= 0.3 is 0 Å². The summed E-state index contributed by atoms with van der Waals surface area (Å²) in [5.41, 5.74) is 3.05. The number of carbonyl (C=O) groups is 3. The zero-order valence-electron chi connectivity index (χ0n) is 21.8. The number of aromatic nitrogens is 1. The smallest absolute Gasteiger partial charge is 0.261 e. The molecule has 0 saturated carbocycles. The van der Waals surface area contributed by atoms with Crippen LogP contribution in [0.1, 0.15) is 12.0 Å². The monoisotopic (exact) mass is 549 g/mol. The minimum absolute atomic E-state index is 0.00541. The van der Waals surface area contributed by atoms with E-state index in [1.54, 1.807) is 48.5 Å². The number of hydrogen-bond donors (Lipinski definition) is 0. The highest BCUT2D eigenvalue weighted by Crippen LogP contribution is 2.30. The predicted octanol–water partition coefficient (Wildman–Crippen LogP) is 5.37. The molecule has 1 aliphatic heterocycles. The van der Waals surface area contributed by atoms with Crippen molar-refractivity contribution in [2.45, 2.75) is 19.0 Å². The first-order valence-electron chi connectivity index (χ1n) is 13.0. The van der Waals surface area contributed by atoms with E-state index in [0.717, 1.165) is 10.4 Å². The van der Waals surface area contributed by atoms with Gasteiger partial charge in [0.25, 0.3) is 11.8 Å². The van der Waals surface area contributed by atoms with E-state index in [2.05, 4.69) is 4.98 Å². The van der Waals surface area contributed by atoms with E-state index in [1.807, 2.05) is 30.3 Å². The Morgan fingerprint density at radius 2 is 1.63 bits per heavy atom. The van der Waals surface area contributed by atoms with Gasteiger partial charge in [0, 0.05) is 12.1 Å². The SMILES string of the molecule is O=C1CC(N(Cc2ccc(F)cc2)C(=O)COc2ccccc2)C(=O)N1c1ccc(-c2nc3ccccc3o2)cc1. The summed E-state index contributed by atoms with van der Waals surface area (Å²) < 4.78 is 25.0. The van der Waals surface area contributed by atoms with Gasteiger partial charge in [0.1, 0.15) is 23.1 Å². The second kappa shape index (κ2) is 11.1. The quantitative estimate of drug-likeness (QED) is 0.242. The molecule has 0 bridgehead atoms. The lowest BCUT2D eigenvalue weighted by atomic mass is 10.1. The summed E-state index contributed by atoms with van der Waals surface area (Å²) in [4.78, 5) is 47.0. The molecule has 41 heavy (non-hydrogen) atoms. The molecule has 1 aliphatic rings. The number of fused-ring (bicyclic) bond motifs is 1. The Kier molecular flexibility index (Phi) is 6.99. The number of anilines is 1. The number of oxazole rings is 1. The fourth-order valence-electron chi connectivity index (χ4n) is 4.78. The van der Waals surface area contributed by atoms with E-state index in [4.69, 9.17) is 9.15 Å². The molecule has 0 N–H and O–H groups in total. The predicted molar refractivity (Wildman–Crippen MR) is 149 cm³/mol. The molecule has 2 heterocycles. The van der Waals surface area contributed by atoms with Crippen molar-refractivity contribution in [1.29, 1.82) is 0 Å². The maximum Gasteiger partial charge on any atom is 0.261 e. The summed E-state index contributed by atoms with van der Waals surface area (Å²) in [6, 6.07) is 27.6. The number of nitrogens with zero attached hydrogens (tertiary/aromatic N) is 3. The van der Waals surface area contributed by atoms with E-state index < -0.39 is 29.6 Å². The van der Waals surface area contributed by atoms with E-state index in [-0.39, 0.29) is 19.6 Å². The highest BCUT2D eigenvalue weighted by molar-refractivity contribution is 6.23. The van der Waals surface area contributed by atoms with Crippen LogP contribution in [0.15, 0.2) is 108 Å². The molecular weight excluding hydrogens is 525 g/mol. The fraction of sp³-hybridized carbons (Fsp3) is 0.125. The van der Waals surface area contributed by atoms with Crippen molar-refractivity contribution in [2.24, 2.45) is 0 Å². The zero-order valence-corrected chi connectivity index (χ0v) is 21.8. The number of ether oxygens (including phenoxy) is 1. The standard InChI is InChI=1S/C32H24FN3O5/c33-23-14-10-21(11-15-23)19-35(30(38)20-40-25-6-2-1-3-7-25)27-18-29(37)36(32(27)39)24-16-12-22(13-17-24)31-34-26-8-4-5-9-28(26)41-31/h1-17,27H,18-20H2. The average Bonchev–Trinajstić information content (AvgIpc) is 3.56. The number of carbonyl (C=O) groups excluding carboxylic acids is 3. The molecule has 5 aromatic rings. The third-order valence-electron chi connectivity index (χ3n) is 6.86. The summed E-state index contributed by atoms with van der Waals surface area (Å²) >= 11 is 0. The van der Waals surface area contributed by atoms with Gasteiger partial charge in [-0.3, -0.25) is 14.4 Å². The molecule has 4 aromatic carbocycles. The number of benzene rings is 4. The largest absolute Gasteiger partial charge is 0.484 e. The Bertz CT molecular complexity index is 1690. The van der Waals surface area contributed by atoms with Crippen molar-refractivity contribution in [3.8, 4) is 17.2 Å². The second-order valence-corrected chi connectivity index (χ2v) is 9.57. The van der Waals surface area contributed by atoms with Gasteiger partial charge in [-0.25, -0.2) is 14.3 Å². The lowest BCUT2D eigenvalue weighted by Gasteiger charge is -2.28. The Morgan fingerprint density at radius 1 is 0.927 bits per heavy atom. The molecular formula is C32H24FN3O5. The van der Waals surface area contributed by atoms with Crippen molar-refractivity contribution < 1.29 is 27.9 Å². The molecule has 0 radical (unpaired) electrons. The number of hydrogen-bond acceptors (Lipinski definition) is 6. The van der Waals surface area contributed by atoms with Crippen LogP contribution in [0.2, 0.25) is 0 Å². The van der Waals surface area contributed by atoms with Crippen LogP contribution in [0.3, 0.4) is 0 Å². The molecule has 3 amide bonds. The van der Waals surface area contributed by atoms with Crippen LogP contribution >= 0.6 is 0 Å². The third kappa shape index (κ3) is 5.42. The van der Waals surface area contributed by atoms with Gasteiger partial charge in [-0.1, -0.05) is 42.5 Å². The molecule has 6 rings (SSSR count). The first-order chi connectivity index (χ1) is 20.0. The summed E-state index contributed by atoms with van der Waals surface area (Å²) in [6.45, 7) is -0.326. The van der Waals surface area contributed by atoms with Gasteiger partial charge in [-0.2, -0.15) is 0 Å². The van der Waals surface area contributed by atoms with Gasteiger partial charge in [0.2, 0.25) is 11.8 Å². The van der Waals surface area contributed by atoms with Gasteiger partial charge < -0.3 is 14.1 Å². The molecule has 0 spiro atoms. The van der Waals surface area contributed by atoms with Crippen molar-refractivity contribution in [1.82, 2.24) is 9.88 Å². The van der Waals surface area contributed by atoms with E-state index in [9.17, 15) is 18.8 Å². The molecule has 1 unspecified atom stereocenters. The van der Waals surface area contributed by atoms with E-state index in [1.165, 1.54) is 29.2 Å². The molecule has 204 valence electrons. The Labute approximate surface area is 234 Å². The summed E-state index contributed by atoms with van der Waals surface area (Å²) in [6.07, 6.45) is -0.190. The van der Waals surface area contributed by atoms with Gasteiger partial charge in [0.15, 0.2) is 12.2 Å². The maximum absolute atomic E-state index is 13.6. The first kappa shape index (κ1) is 25.9. The Balaban J connectivity index is 1.23. The van der Waals surface area contributed by atoms with Crippen LogP contribution in [-0.2, 0) is 20.9 Å². The van der Waals surface area contributed by atoms with Crippen LogP contribution in [0.5, 0.6) is 5.75 Å². The summed E-state index contributed by atoms with van der Waals surface area (Å²) in [7, 11) is 0. The fourth-order valence-corrected chi connectivity index (χ4v) is 4.78. The summed E-state index contributed by atoms with van der Waals surface area (Å²) in [5.74, 6) is -0.937. The lowest BCUT2D eigenvalue weighted by Crippen LogP contribution is -2.46. The van der Waals surface area contributed by atoms with Crippen LogP contribution in [0.4, 0.5) is 10.1 Å². The number of halogens is 1. The van der Waals surface area contributed by atoms with Gasteiger partial charge in [-0.05, 0) is 66.2 Å². The Morgan fingerprint density at radius 3 is 2.37 bits per heavy atom. The average molecular weight is 550 g/mol. The van der Waals surface area contributed by atoms with E-state index >= 15 is 0 Å². The maximum atomic E-state index is 13.6. The van der Waals surface area contributed by atoms with Crippen molar-refractivity contribution >= 4 is 34.5 Å². The topological polar surface area (TPSA) is 93.0 Å². The Hall–Kier alpha value is -5.31. The molecule has 1 fully saturated rings. The molecule has 9 heteroatoms. The highest BCUT2D eigenvalue weighted by Gasteiger charge is 2.44. The molecule has 1 atom stereocenters. The van der Waals surface area contributed by atoms with Crippen LogP contribution in [0.25, 0.3) is 22.6 Å². The first-order valence-corrected chi connectivity index (χ1v) is 13.0. The molecule has 1 saturated heterocycles. The van der Waals surface area contributed by atoms with Gasteiger partial charge in [0.05, 0.1) is 12.1 Å². The molecule has 1 aromatic heterocycles. The highest BCUT2D eigenvalue weighted by atomic mass is 19.1. The molecule has 0 aliphatic carbocycles. The number of rotatable bonds is 8. The third-order valence-corrected chi connectivity index (χ3v) is 6.86. The van der Waals surface area contributed by atoms with E-state index in [0.29, 0.717) is 34.0 Å². The lowest BCUT2D eigenvalue weighted by molar-refractivity contribution is -0.140. The van der Waals surface area contributed by atoms with Crippen LogP contribution < -0.4 is 9.64 Å². The number of para-hydroxylation sites is 3. The second-order valence-electron chi connectivity index (χ2n) is 9.57. The van der Waals surface area contributed by atoms with Crippen LogP contribution in [0, 0.1) is 5.82 Å². The number of amides is 3. The molecule has 8 nitrogen and oxygen atoms in total.